The summed E-state index contributed by atoms with van der Waals surface area (Å²) in [6, 6.07) is 1.08. The van der Waals surface area contributed by atoms with Crippen molar-refractivity contribution in [2.75, 3.05) is 20.8 Å². The fraction of sp³-hybridized carbons (Fsp3) is 0.688. The fourth-order valence-electron chi connectivity index (χ4n) is 2.14. The predicted molar refractivity (Wildman–Crippen MR) is 95.5 cm³/mol. The first-order valence-electron chi connectivity index (χ1n) is 8.03. The van der Waals surface area contributed by atoms with Gasteiger partial charge in [-0.1, -0.05) is 19.6 Å². The molecule has 1 rings (SSSR count). The Bertz CT molecular complexity index is 579. The number of carbonyl (C=O) groups excluding carboxylic acids is 1. The zero-order valence-corrected chi connectivity index (χ0v) is 16.6. The quantitative estimate of drug-likeness (QED) is 0.242. The van der Waals surface area contributed by atoms with Crippen molar-refractivity contribution in [3.05, 3.63) is 17.0 Å². The molecule has 0 saturated carbocycles. The number of nitrogens with one attached hydrogen (secondary N) is 1. The van der Waals surface area contributed by atoms with Gasteiger partial charge in [0.05, 0.1) is 14.2 Å². The summed E-state index contributed by atoms with van der Waals surface area (Å²) in [6.07, 6.45) is 0.904. The highest BCUT2D eigenvalue weighted by Crippen LogP contribution is 2.18. The Morgan fingerprint density at radius 2 is 1.92 bits per heavy atom. The van der Waals surface area contributed by atoms with E-state index in [0.29, 0.717) is 26.2 Å². The smallest absolute Gasteiger partial charge is 0.358 e. The Labute approximate surface area is 144 Å². The van der Waals surface area contributed by atoms with Crippen LogP contribution in [0.5, 0.6) is 0 Å². The van der Waals surface area contributed by atoms with E-state index in [1.807, 2.05) is 6.92 Å². The highest BCUT2D eigenvalue weighted by atomic mass is 28.3. The number of methoxy groups -OCH3 is 2. The maximum atomic E-state index is 12.0. The van der Waals surface area contributed by atoms with Crippen LogP contribution in [0.25, 0.3) is 0 Å². The molecule has 1 aromatic heterocycles. The molecule has 0 spiro atoms. The van der Waals surface area contributed by atoms with E-state index in [2.05, 4.69) is 24.7 Å². The molecule has 24 heavy (non-hydrogen) atoms. The maximum absolute atomic E-state index is 12.0. The van der Waals surface area contributed by atoms with Crippen LogP contribution in [-0.2, 0) is 27.4 Å². The topological polar surface area (TPSA) is 86.4 Å². The molecule has 1 aromatic rings. The Kier molecular flexibility index (Phi) is 7.62. The van der Waals surface area contributed by atoms with Crippen molar-refractivity contribution in [1.29, 1.82) is 5.41 Å². The second kappa shape index (κ2) is 8.98. The van der Waals surface area contributed by atoms with Crippen LogP contribution < -0.4 is 0 Å². The Morgan fingerprint density at radius 3 is 2.46 bits per heavy atom. The third-order valence-corrected chi connectivity index (χ3v) is 5.47. The van der Waals surface area contributed by atoms with Gasteiger partial charge in [0.15, 0.2) is 11.6 Å². The summed E-state index contributed by atoms with van der Waals surface area (Å²) >= 11 is 0. The van der Waals surface area contributed by atoms with Gasteiger partial charge in [-0.25, -0.2) is 9.48 Å². The van der Waals surface area contributed by atoms with Gasteiger partial charge >= 0.3 is 5.97 Å². The lowest BCUT2D eigenvalue weighted by molar-refractivity contribution is 0.0581. The van der Waals surface area contributed by atoms with Crippen LogP contribution in [0.2, 0.25) is 25.7 Å². The molecule has 0 bridgehead atoms. The molecular formula is C16H29N3O4Si. The number of hydrogen-bond donors (Lipinski definition) is 1. The van der Waals surface area contributed by atoms with Gasteiger partial charge in [-0.05, 0) is 19.4 Å². The highest BCUT2D eigenvalue weighted by molar-refractivity contribution is 6.76. The van der Waals surface area contributed by atoms with Gasteiger partial charge in [0.25, 0.3) is 0 Å². The van der Waals surface area contributed by atoms with E-state index in [9.17, 15) is 4.79 Å². The fourth-order valence-corrected chi connectivity index (χ4v) is 2.90. The van der Waals surface area contributed by atoms with Gasteiger partial charge in [0, 0.05) is 32.4 Å². The first-order valence-corrected chi connectivity index (χ1v) is 11.7. The van der Waals surface area contributed by atoms with E-state index in [1.165, 1.54) is 14.2 Å². The molecule has 0 aromatic carbocycles. The Hall–Kier alpha value is -1.67. The Balaban J connectivity index is 2.83. The number of hydrogen-bond acceptors (Lipinski definition) is 6. The predicted octanol–water partition coefficient (Wildman–Crippen LogP) is 2.85. The minimum absolute atomic E-state index is 0.171. The van der Waals surface area contributed by atoms with Crippen molar-refractivity contribution in [3.8, 4) is 0 Å². The summed E-state index contributed by atoms with van der Waals surface area (Å²) in [5, 5.41) is 11.9. The van der Waals surface area contributed by atoms with E-state index in [1.54, 1.807) is 4.68 Å². The second-order valence-electron chi connectivity index (χ2n) is 6.88. The lowest BCUT2D eigenvalue weighted by atomic mass is 10.1. The Morgan fingerprint density at radius 1 is 1.25 bits per heavy atom. The van der Waals surface area contributed by atoms with Gasteiger partial charge < -0.3 is 14.2 Å². The summed E-state index contributed by atoms with van der Waals surface area (Å²) in [5.41, 5.74) is 1.91. The van der Waals surface area contributed by atoms with Gasteiger partial charge in [-0.2, -0.15) is 5.10 Å². The van der Waals surface area contributed by atoms with Crippen LogP contribution >= 0.6 is 0 Å². The summed E-state index contributed by atoms with van der Waals surface area (Å²) < 4.78 is 17.1. The molecule has 0 fully saturated rings. The minimum atomic E-state index is -1.13. The first kappa shape index (κ1) is 20.4. The van der Waals surface area contributed by atoms with Crippen molar-refractivity contribution < 1.29 is 19.0 Å². The van der Waals surface area contributed by atoms with Crippen molar-refractivity contribution >= 4 is 19.9 Å². The van der Waals surface area contributed by atoms with Gasteiger partial charge in [0.1, 0.15) is 6.73 Å². The average Bonchev–Trinajstić information content (AvgIpc) is 2.83. The van der Waals surface area contributed by atoms with Crippen molar-refractivity contribution in [2.24, 2.45) is 0 Å². The van der Waals surface area contributed by atoms with Crippen molar-refractivity contribution in [2.45, 2.75) is 52.2 Å². The largest absolute Gasteiger partial charge is 0.484 e. The molecule has 7 nitrogen and oxygen atoms in total. The first-order chi connectivity index (χ1) is 11.2. The number of rotatable bonds is 9. The number of nitrogens with zero attached hydrogens (tertiary/aromatic N) is 2. The molecule has 1 N–H and O–H groups in total. The van der Waals surface area contributed by atoms with E-state index >= 15 is 0 Å². The van der Waals surface area contributed by atoms with Crippen molar-refractivity contribution in [3.63, 3.8) is 0 Å². The molecule has 0 saturated heterocycles. The van der Waals surface area contributed by atoms with E-state index in [-0.39, 0.29) is 11.6 Å². The van der Waals surface area contributed by atoms with E-state index < -0.39 is 14.0 Å². The van der Waals surface area contributed by atoms with E-state index in [4.69, 9.17) is 19.6 Å². The van der Waals surface area contributed by atoms with Crippen LogP contribution in [0.4, 0.5) is 0 Å². The minimum Gasteiger partial charge on any atom is -0.484 e. The zero-order chi connectivity index (χ0) is 18.3. The van der Waals surface area contributed by atoms with Crippen LogP contribution in [0.3, 0.4) is 0 Å². The van der Waals surface area contributed by atoms with Crippen LogP contribution in [0.15, 0.2) is 0 Å². The number of esters is 1. The summed E-state index contributed by atoms with van der Waals surface area (Å²) in [5.74, 6) is -0.303. The summed E-state index contributed by atoms with van der Waals surface area (Å²) in [7, 11) is 1.67. The second-order valence-corrected chi connectivity index (χ2v) is 12.5. The van der Waals surface area contributed by atoms with Crippen LogP contribution in [-0.4, -0.2) is 50.5 Å². The third kappa shape index (κ3) is 6.08. The number of aromatic nitrogens is 2. The van der Waals surface area contributed by atoms with Crippen molar-refractivity contribution in [1.82, 2.24) is 9.78 Å². The van der Waals surface area contributed by atoms with Crippen LogP contribution in [0.1, 0.15) is 28.2 Å². The molecule has 1 heterocycles. The van der Waals surface area contributed by atoms with Gasteiger partial charge in [-0.15, -0.1) is 0 Å². The monoisotopic (exact) mass is 355 g/mol. The molecule has 136 valence electrons. The molecule has 8 heteroatoms. The molecule has 0 aliphatic heterocycles. The van der Waals surface area contributed by atoms with Gasteiger partial charge in [-0.3, -0.25) is 5.41 Å². The maximum Gasteiger partial charge on any atom is 0.358 e. The summed E-state index contributed by atoms with van der Waals surface area (Å²) in [4.78, 5) is 12.0. The highest BCUT2D eigenvalue weighted by Gasteiger charge is 2.22. The lowest BCUT2D eigenvalue weighted by Crippen LogP contribution is -2.22. The molecular weight excluding hydrogens is 326 g/mol. The molecule has 0 atom stereocenters. The van der Waals surface area contributed by atoms with Gasteiger partial charge in [0.2, 0.25) is 0 Å². The molecule has 0 radical (unpaired) electrons. The van der Waals surface area contributed by atoms with E-state index in [0.717, 1.165) is 17.3 Å². The van der Waals surface area contributed by atoms with Crippen LogP contribution in [0, 0.1) is 12.3 Å². The molecule has 0 aliphatic carbocycles. The normalized spacial score (nSPS) is 11.4. The molecule has 0 unspecified atom stereocenters. The average molecular weight is 356 g/mol. The SMILES string of the molecule is COC(=N)CCc1c(C(=O)OC)nn(COCC[Si](C)(C)C)c1C. The third-order valence-electron chi connectivity index (χ3n) is 3.77. The molecule has 0 amide bonds. The lowest BCUT2D eigenvalue weighted by Gasteiger charge is -2.15. The number of ether oxygens (including phenoxy) is 3. The summed E-state index contributed by atoms with van der Waals surface area (Å²) in [6.45, 7) is 9.79. The standard InChI is InChI=1S/C16H29N3O4Si/c1-12-13(7-8-14(17)21-2)15(16(20)22-3)18-19(12)11-23-9-10-24(4,5)6/h17H,7-11H2,1-6H3. The zero-order valence-electron chi connectivity index (χ0n) is 15.6. The molecule has 0 aliphatic rings. The number of carbonyl (C=O) groups is 1.